The summed E-state index contributed by atoms with van der Waals surface area (Å²) in [5, 5.41) is 1.27. The molecule has 1 aromatic carbocycles. The molecule has 2 aromatic rings. The first-order valence-corrected chi connectivity index (χ1v) is 7.18. The van der Waals surface area contributed by atoms with E-state index < -0.39 is 0 Å². The SMILES string of the molecule is COc1c(I)ccc2cc(SC)sc12. The van der Waals surface area contributed by atoms with E-state index in [4.69, 9.17) is 4.74 Å². The van der Waals surface area contributed by atoms with Gasteiger partial charge in [0.2, 0.25) is 0 Å². The van der Waals surface area contributed by atoms with E-state index in [1.54, 1.807) is 30.2 Å². The van der Waals surface area contributed by atoms with Gasteiger partial charge in [-0.05, 0) is 46.4 Å². The smallest absolute Gasteiger partial charge is 0.149 e. The van der Waals surface area contributed by atoms with Crippen molar-refractivity contribution < 1.29 is 4.74 Å². The molecule has 0 aliphatic carbocycles. The highest BCUT2D eigenvalue weighted by molar-refractivity contribution is 14.1. The molecule has 0 N–H and O–H groups in total. The third kappa shape index (κ3) is 1.75. The Labute approximate surface area is 105 Å². The van der Waals surface area contributed by atoms with Crippen LogP contribution in [-0.4, -0.2) is 13.4 Å². The van der Waals surface area contributed by atoms with Crippen LogP contribution in [0.25, 0.3) is 10.1 Å². The Hall–Kier alpha value is 0.0600. The lowest BCUT2D eigenvalue weighted by Crippen LogP contribution is -1.85. The topological polar surface area (TPSA) is 9.23 Å². The number of benzene rings is 1. The molecule has 2 rings (SSSR count). The molecule has 0 unspecified atom stereocenters. The second kappa shape index (κ2) is 4.28. The van der Waals surface area contributed by atoms with Gasteiger partial charge in [-0.2, -0.15) is 0 Å². The fourth-order valence-electron chi connectivity index (χ4n) is 1.32. The summed E-state index contributed by atoms with van der Waals surface area (Å²) in [6.07, 6.45) is 2.10. The van der Waals surface area contributed by atoms with Gasteiger partial charge in [-0.25, -0.2) is 0 Å². The van der Waals surface area contributed by atoms with Gasteiger partial charge in [0.1, 0.15) is 5.75 Å². The van der Waals surface area contributed by atoms with Gasteiger partial charge in [0, 0.05) is 0 Å². The molecule has 4 heteroatoms. The lowest BCUT2D eigenvalue weighted by Gasteiger charge is -2.03. The highest BCUT2D eigenvalue weighted by atomic mass is 127. The Kier molecular flexibility index (Phi) is 3.23. The molecule has 0 aliphatic rings. The van der Waals surface area contributed by atoms with E-state index in [-0.39, 0.29) is 0 Å². The second-order valence-electron chi connectivity index (χ2n) is 2.77. The molecule has 0 atom stereocenters. The van der Waals surface area contributed by atoms with E-state index in [1.807, 2.05) is 0 Å². The fraction of sp³-hybridized carbons (Fsp3) is 0.200. The number of hydrogen-bond acceptors (Lipinski definition) is 3. The lowest BCUT2D eigenvalue weighted by molar-refractivity contribution is 0.417. The van der Waals surface area contributed by atoms with Crippen molar-refractivity contribution in [3.05, 3.63) is 21.8 Å². The zero-order valence-corrected chi connectivity index (χ0v) is 11.6. The van der Waals surface area contributed by atoms with Gasteiger partial charge in [0.05, 0.1) is 19.6 Å². The van der Waals surface area contributed by atoms with Gasteiger partial charge in [-0.3, -0.25) is 0 Å². The summed E-state index contributed by atoms with van der Waals surface area (Å²) >= 11 is 5.88. The summed E-state index contributed by atoms with van der Waals surface area (Å²) in [4.78, 5) is 0. The van der Waals surface area contributed by atoms with Crippen molar-refractivity contribution in [2.45, 2.75) is 4.21 Å². The Morgan fingerprint density at radius 3 is 2.86 bits per heavy atom. The van der Waals surface area contributed by atoms with Gasteiger partial charge in [0.25, 0.3) is 0 Å². The Morgan fingerprint density at radius 1 is 1.43 bits per heavy atom. The number of halogens is 1. The molecule has 0 saturated carbocycles. The highest BCUT2D eigenvalue weighted by Crippen LogP contribution is 2.39. The van der Waals surface area contributed by atoms with Crippen molar-refractivity contribution in [1.29, 1.82) is 0 Å². The minimum absolute atomic E-state index is 1.01. The first-order valence-electron chi connectivity index (χ1n) is 4.06. The number of ether oxygens (including phenoxy) is 1. The summed E-state index contributed by atoms with van der Waals surface area (Å²) in [6, 6.07) is 6.46. The fourth-order valence-corrected chi connectivity index (χ4v) is 3.92. The van der Waals surface area contributed by atoms with Crippen molar-refractivity contribution in [3.8, 4) is 5.75 Å². The zero-order chi connectivity index (χ0) is 10.1. The molecule has 0 radical (unpaired) electrons. The van der Waals surface area contributed by atoms with Crippen LogP contribution in [0.3, 0.4) is 0 Å². The van der Waals surface area contributed by atoms with Crippen LogP contribution in [-0.2, 0) is 0 Å². The monoisotopic (exact) mass is 336 g/mol. The molecule has 1 nitrogen and oxygen atoms in total. The van der Waals surface area contributed by atoms with Crippen LogP contribution in [0.2, 0.25) is 0 Å². The van der Waals surface area contributed by atoms with Crippen molar-refractivity contribution >= 4 is 55.8 Å². The second-order valence-corrected chi connectivity index (χ2v) is 6.09. The molecule has 0 spiro atoms. The summed E-state index contributed by atoms with van der Waals surface area (Å²) in [7, 11) is 1.73. The van der Waals surface area contributed by atoms with Crippen LogP contribution >= 0.6 is 45.7 Å². The van der Waals surface area contributed by atoms with Crippen LogP contribution in [0, 0.1) is 3.57 Å². The van der Waals surface area contributed by atoms with Gasteiger partial charge in [-0.15, -0.1) is 23.1 Å². The highest BCUT2D eigenvalue weighted by Gasteiger charge is 2.09. The molecule has 74 valence electrons. The number of hydrogen-bond donors (Lipinski definition) is 0. The largest absolute Gasteiger partial charge is 0.494 e. The minimum atomic E-state index is 1.01. The van der Waals surface area contributed by atoms with E-state index in [0.717, 1.165) is 5.75 Å². The van der Waals surface area contributed by atoms with E-state index in [1.165, 1.54) is 17.9 Å². The molecule has 0 aliphatic heterocycles. The third-order valence-corrected chi connectivity index (χ3v) is 5.04. The predicted molar refractivity (Wildman–Crippen MR) is 72.9 cm³/mol. The first-order chi connectivity index (χ1) is 6.76. The van der Waals surface area contributed by atoms with Gasteiger partial charge >= 0.3 is 0 Å². The van der Waals surface area contributed by atoms with Crippen LogP contribution in [0.4, 0.5) is 0 Å². The molecule has 0 bridgehead atoms. The normalized spacial score (nSPS) is 10.8. The molecular weight excluding hydrogens is 327 g/mol. The van der Waals surface area contributed by atoms with Crippen LogP contribution in [0.5, 0.6) is 5.75 Å². The van der Waals surface area contributed by atoms with Gasteiger partial charge in [0.15, 0.2) is 0 Å². The average molecular weight is 336 g/mol. The summed E-state index contributed by atoms with van der Waals surface area (Å²) in [5.74, 6) is 1.01. The van der Waals surface area contributed by atoms with Crippen molar-refractivity contribution in [2.75, 3.05) is 13.4 Å². The molecule has 14 heavy (non-hydrogen) atoms. The molecular formula is C10H9IOS2. The van der Waals surface area contributed by atoms with Crippen molar-refractivity contribution in [2.24, 2.45) is 0 Å². The van der Waals surface area contributed by atoms with Crippen molar-refractivity contribution in [3.63, 3.8) is 0 Å². The summed E-state index contributed by atoms with van der Waals surface area (Å²) < 4.78 is 9.17. The molecule has 1 aromatic heterocycles. The summed E-state index contributed by atoms with van der Waals surface area (Å²) in [5.41, 5.74) is 0. The maximum atomic E-state index is 5.41. The molecule has 0 saturated heterocycles. The predicted octanol–water partition coefficient (Wildman–Crippen LogP) is 4.24. The maximum absolute atomic E-state index is 5.41. The Morgan fingerprint density at radius 2 is 2.21 bits per heavy atom. The molecule has 0 fully saturated rings. The molecule has 1 heterocycles. The number of rotatable bonds is 2. The summed E-state index contributed by atoms with van der Waals surface area (Å²) in [6.45, 7) is 0. The van der Waals surface area contributed by atoms with Crippen LogP contribution in [0.15, 0.2) is 22.4 Å². The van der Waals surface area contributed by atoms with Gasteiger partial charge in [-0.1, -0.05) is 6.07 Å². The third-order valence-electron chi connectivity index (χ3n) is 1.98. The average Bonchev–Trinajstić information content (AvgIpc) is 2.60. The Bertz CT molecular complexity index is 464. The number of methoxy groups -OCH3 is 1. The van der Waals surface area contributed by atoms with Gasteiger partial charge < -0.3 is 4.74 Å². The number of thioether (sulfide) groups is 1. The van der Waals surface area contributed by atoms with E-state index in [0.29, 0.717) is 0 Å². The quantitative estimate of drug-likeness (QED) is 0.599. The van der Waals surface area contributed by atoms with Crippen LogP contribution < -0.4 is 4.74 Å². The maximum Gasteiger partial charge on any atom is 0.149 e. The minimum Gasteiger partial charge on any atom is -0.494 e. The number of fused-ring (bicyclic) bond motifs is 1. The van der Waals surface area contributed by atoms with E-state index >= 15 is 0 Å². The Balaban J connectivity index is 2.73. The molecule has 0 amide bonds. The number of thiophene rings is 1. The first kappa shape index (κ1) is 10.6. The van der Waals surface area contributed by atoms with Crippen molar-refractivity contribution in [1.82, 2.24) is 0 Å². The van der Waals surface area contributed by atoms with E-state index in [9.17, 15) is 0 Å². The standard InChI is InChI=1S/C10H9IOS2/c1-12-9-7(11)4-3-6-5-8(13-2)14-10(6)9/h3-5H,1-2H3. The van der Waals surface area contributed by atoms with Crippen LogP contribution in [0.1, 0.15) is 0 Å². The zero-order valence-electron chi connectivity index (χ0n) is 7.83. The van der Waals surface area contributed by atoms with E-state index in [2.05, 4.69) is 47.0 Å². The lowest BCUT2D eigenvalue weighted by atomic mass is 10.2.